The highest BCUT2D eigenvalue weighted by Crippen LogP contribution is 2.28. The number of carbonyl (C=O) groups is 1. The molecule has 8 heteroatoms. The number of carbonyl (C=O) groups excluding carboxylic acids is 1. The monoisotopic (exact) mass is 421 g/mol. The highest BCUT2D eigenvalue weighted by Gasteiger charge is 2.25. The van der Waals surface area contributed by atoms with Gasteiger partial charge in [-0.25, -0.2) is 9.97 Å². The van der Waals surface area contributed by atoms with Crippen molar-refractivity contribution in [1.29, 1.82) is 0 Å². The maximum absolute atomic E-state index is 13.2. The Morgan fingerprint density at radius 2 is 1.93 bits per heavy atom. The van der Waals surface area contributed by atoms with Crippen molar-refractivity contribution in [3.05, 3.63) is 77.5 Å². The quantitative estimate of drug-likeness (QED) is 0.480. The summed E-state index contributed by atoms with van der Waals surface area (Å²) in [5.74, 6) is 0.696. The van der Waals surface area contributed by atoms with Gasteiger partial charge in [-0.15, -0.1) is 11.3 Å². The Balaban J connectivity index is 1.54. The first-order valence-electron chi connectivity index (χ1n) is 9.03. The van der Waals surface area contributed by atoms with E-state index in [-0.39, 0.29) is 5.91 Å². The van der Waals surface area contributed by atoms with E-state index in [2.05, 4.69) is 20.3 Å². The molecule has 0 aliphatic rings. The Kier molecular flexibility index (Phi) is 5.92. The van der Waals surface area contributed by atoms with Gasteiger partial charge in [0.15, 0.2) is 0 Å². The van der Waals surface area contributed by atoms with Crippen LogP contribution in [-0.2, 0) is 11.2 Å². The van der Waals surface area contributed by atoms with Gasteiger partial charge in [-0.2, -0.15) is 0 Å². The lowest BCUT2D eigenvalue weighted by molar-refractivity contribution is -0.117. The van der Waals surface area contributed by atoms with Gasteiger partial charge in [-0.05, 0) is 17.7 Å². The molecule has 0 fully saturated rings. The smallest absolute Gasteiger partial charge is 0.248 e. The summed E-state index contributed by atoms with van der Waals surface area (Å²) in [4.78, 5) is 27.9. The molecule has 3 heterocycles. The second-order valence-corrected chi connectivity index (χ2v) is 8.17. The SMILES string of the molecule is CN(c1cscn1)[C@@H](Cc1ccccc1)C(=O)Nc1cnc(-c2ccncc2)s1. The van der Waals surface area contributed by atoms with Gasteiger partial charge in [0.1, 0.15) is 21.9 Å². The van der Waals surface area contributed by atoms with Gasteiger partial charge in [-0.3, -0.25) is 9.78 Å². The molecule has 0 aliphatic heterocycles. The number of hydrogen-bond donors (Lipinski definition) is 1. The topological polar surface area (TPSA) is 71.0 Å². The van der Waals surface area contributed by atoms with Crippen LogP contribution in [0.15, 0.2) is 71.9 Å². The lowest BCUT2D eigenvalue weighted by Crippen LogP contribution is -2.43. The number of amides is 1. The predicted octanol–water partition coefficient (Wildman–Crippen LogP) is 4.35. The Morgan fingerprint density at radius 1 is 1.14 bits per heavy atom. The van der Waals surface area contributed by atoms with Crippen LogP contribution in [0.2, 0.25) is 0 Å². The number of benzene rings is 1. The number of anilines is 2. The van der Waals surface area contributed by atoms with E-state index in [0.29, 0.717) is 11.4 Å². The second kappa shape index (κ2) is 8.93. The van der Waals surface area contributed by atoms with Gasteiger partial charge in [0.25, 0.3) is 0 Å². The van der Waals surface area contributed by atoms with E-state index in [1.54, 1.807) is 24.1 Å². The van der Waals surface area contributed by atoms with Crippen molar-refractivity contribution < 1.29 is 4.79 Å². The van der Waals surface area contributed by atoms with Crippen LogP contribution in [0.3, 0.4) is 0 Å². The number of hydrogen-bond acceptors (Lipinski definition) is 7. The molecule has 4 rings (SSSR count). The third-order valence-electron chi connectivity index (χ3n) is 4.50. The summed E-state index contributed by atoms with van der Waals surface area (Å²) < 4.78 is 0. The molecule has 1 atom stereocenters. The molecule has 0 bridgehead atoms. The lowest BCUT2D eigenvalue weighted by Gasteiger charge is -2.27. The molecular weight excluding hydrogens is 402 g/mol. The minimum Gasteiger partial charge on any atom is -0.347 e. The molecule has 0 saturated heterocycles. The van der Waals surface area contributed by atoms with Crippen LogP contribution in [-0.4, -0.2) is 33.9 Å². The van der Waals surface area contributed by atoms with Crippen molar-refractivity contribution in [2.75, 3.05) is 17.3 Å². The summed E-state index contributed by atoms with van der Waals surface area (Å²) in [5.41, 5.74) is 3.84. The Labute approximate surface area is 176 Å². The highest BCUT2D eigenvalue weighted by atomic mass is 32.1. The largest absolute Gasteiger partial charge is 0.347 e. The van der Waals surface area contributed by atoms with Gasteiger partial charge in [-0.1, -0.05) is 41.7 Å². The van der Waals surface area contributed by atoms with Crippen LogP contribution in [0.4, 0.5) is 10.8 Å². The first kappa shape index (κ1) is 19.2. The van der Waals surface area contributed by atoms with Crippen molar-refractivity contribution in [2.45, 2.75) is 12.5 Å². The number of pyridine rings is 1. The standard InChI is InChI=1S/C21H19N5OS2/c1-26(18-13-28-14-24-18)17(11-15-5-3-2-4-6-15)20(27)25-19-12-23-21(29-19)16-7-9-22-10-8-16/h2-10,12-14,17H,11H2,1H3,(H,25,27)/t17-/m0/s1. The lowest BCUT2D eigenvalue weighted by atomic mass is 10.0. The minimum absolute atomic E-state index is 0.0886. The molecule has 0 unspecified atom stereocenters. The Morgan fingerprint density at radius 3 is 2.66 bits per heavy atom. The zero-order chi connectivity index (χ0) is 20.1. The third-order valence-corrected chi connectivity index (χ3v) is 6.04. The van der Waals surface area contributed by atoms with Gasteiger partial charge in [0.2, 0.25) is 5.91 Å². The maximum Gasteiger partial charge on any atom is 0.248 e. The first-order chi connectivity index (χ1) is 14.2. The number of rotatable bonds is 7. The van der Waals surface area contributed by atoms with Crippen molar-refractivity contribution in [1.82, 2.24) is 15.0 Å². The average Bonchev–Trinajstić information content (AvgIpc) is 3.45. The molecule has 3 aromatic heterocycles. The number of likely N-dealkylation sites (N-methyl/N-ethyl adjacent to an activating group) is 1. The van der Waals surface area contributed by atoms with Gasteiger partial charge < -0.3 is 10.2 Å². The van der Waals surface area contributed by atoms with Crippen molar-refractivity contribution in [3.8, 4) is 10.6 Å². The molecule has 0 saturated carbocycles. The van der Waals surface area contributed by atoms with E-state index in [1.807, 2.05) is 59.8 Å². The summed E-state index contributed by atoms with van der Waals surface area (Å²) >= 11 is 2.96. The van der Waals surface area contributed by atoms with Gasteiger partial charge in [0.05, 0.1) is 11.7 Å². The van der Waals surface area contributed by atoms with Crippen LogP contribution in [0.25, 0.3) is 10.6 Å². The number of nitrogens with zero attached hydrogens (tertiary/aromatic N) is 4. The summed E-state index contributed by atoms with van der Waals surface area (Å²) in [7, 11) is 1.90. The van der Waals surface area contributed by atoms with Crippen molar-refractivity contribution in [3.63, 3.8) is 0 Å². The molecule has 146 valence electrons. The Hall–Kier alpha value is -3.10. The van der Waals surface area contributed by atoms with Crippen LogP contribution >= 0.6 is 22.7 Å². The summed E-state index contributed by atoms with van der Waals surface area (Å²) in [5, 5.41) is 6.53. The van der Waals surface area contributed by atoms with E-state index in [0.717, 1.165) is 22.0 Å². The molecule has 6 nitrogen and oxygen atoms in total. The van der Waals surface area contributed by atoms with E-state index in [1.165, 1.54) is 22.7 Å². The molecule has 1 aromatic carbocycles. The predicted molar refractivity (Wildman–Crippen MR) is 118 cm³/mol. The van der Waals surface area contributed by atoms with Crippen LogP contribution in [0, 0.1) is 0 Å². The molecule has 0 aliphatic carbocycles. The minimum atomic E-state index is -0.397. The summed E-state index contributed by atoms with van der Waals surface area (Å²) in [6.45, 7) is 0. The number of nitrogens with one attached hydrogen (secondary N) is 1. The fourth-order valence-corrected chi connectivity index (χ4v) is 4.35. The number of aromatic nitrogens is 3. The summed E-state index contributed by atoms with van der Waals surface area (Å²) in [6, 6.07) is 13.4. The fraction of sp³-hybridized carbons (Fsp3) is 0.143. The van der Waals surface area contributed by atoms with E-state index < -0.39 is 6.04 Å². The summed E-state index contributed by atoms with van der Waals surface area (Å²) in [6.07, 6.45) is 5.73. The second-order valence-electron chi connectivity index (χ2n) is 6.42. The normalized spacial score (nSPS) is 11.8. The van der Waals surface area contributed by atoms with Crippen LogP contribution in [0.1, 0.15) is 5.56 Å². The zero-order valence-electron chi connectivity index (χ0n) is 15.7. The molecule has 0 spiro atoms. The highest BCUT2D eigenvalue weighted by molar-refractivity contribution is 7.19. The Bertz CT molecular complexity index is 1050. The number of thiazole rings is 2. The van der Waals surface area contributed by atoms with Gasteiger partial charge >= 0.3 is 0 Å². The molecule has 1 amide bonds. The van der Waals surface area contributed by atoms with Crippen LogP contribution < -0.4 is 10.2 Å². The molecular formula is C21H19N5OS2. The zero-order valence-corrected chi connectivity index (χ0v) is 17.4. The van der Waals surface area contributed by atoms with E-state index in [4.69, 9.17) is 0 Å². The fourth-order valence-electron chi connectivity index (χ4n) is 2.95. The first-order valence-corrected chi connectivity index (χ1v) is 10.8. The third kappa shape index (κ3) is 4.67. The molecule has 1 N–H and O–H groups in total. The van der Waals surface area contributed by atoms with Crippen LogP contribution in [0.5, 0.6) is 0 Å². The maximum atomic E-state index is 13.2. The van der Waals surface area contributed by atoms with Crippen molar-refractivity contribution in [2.24, 2.45) is 0 Å². The molecule has 0 radical (unpaired) electrons. The molecule has 29 heavy (non-hydrogen) atoms. The van der Waals surface area contributed by atoms with Gasteiger partial charge in [0, 0.05) is 36.8 Å². The average molecular weight is 422 g/mol. The molecule has 4 aromatic rings. The van der Waals surface area contributed by atoms with E-state index in [9.17, 15) is 4.79 Å². The van der Waals surface area contributed by atoms with Crippen molar-refractivity contribution >= 4 is 39.4 Å². The van der Waals surface area contributed by atoms with E-state index >= 15 is 0 Å².